The van der Waals surface area contributed by atoms with Crippen LogP contribution in [-0.4, -0.2) is 62.1 Å². The molecular weight excluding hydrogens is 366 g/mol. The molecule has 0 atom stereocenters. The highest BCUT2D eigenvalue weighted by molar-refractivity contribution is 5.80. The van der Waals surface area contributed by atoms with Crippen LogP contribution in [0.2, 0.25) is 0 Å². The van der Waals surface area contributed by atoms with Crippen molar-refractivity contribution in [3.05, 3.63) is 29.8 Å². The van der Waals surface area contributed by atoms with E-state index >= 15 is 0 Å². The summed E-state index contributed by atoms with van der Waals surface area (Å²) in [4.78, 5) is 18.8. The van der Waals surface area contributed by atoms with E-state index in [0.29, 0.717) is 24.9 Å². The van der Waals surface area contributed by atoms with Crippen molar-refractivity contribution in [3.63, 3.8) is 0 Å². The van der Waals surface area contributed by atoms with Crippen LogP contribution < -0.4 is 20.7 Å². The fourth-order valence-electron chi connectivity index (χ4n) is 3.43. The molecule has 1 aliphatic rings. The molecule has 0 aromatic heterocycles. The van der Waals surface area contributed by atoms with Gasteiger partial charge in [0.25, 0.3) is 5.91 Å². The van der Waals surface area contributed by atoms with Crippen molar-refractivity contribution in [1.82, 2.24) is 20.9 Å². The molecular formula is C22H37N5O2. The molecule has 1 heterocycles. The van der Waals surface area contributed by atoms with Crippen molar-refractivity contribution >= 4 is 11.9 Å². The van der Waals surface area contributed by atoms with Gasteiger partial charge in [-0.1, -0.05) is 19.1 Å². The van der Waals surface area contributed by atoms with Crippen molar-refractivity contribution in [1.29, 1.82) is 0 Å². The van der Waals surface area contributed by atoms with E-state index in [4.69, 9.17) is 9.73 Å². The summed E-state index contributed by atoms with van der Waals surface area (Å²) in [6, 6.07) is 8.22. The number of hydrogen-bond acceptors (Lipinski definition) is 4. The average molecular weight is 404 g/mol. The lowest BCUT2D eigenvalue weighted by Crippen LogP contribution is -2.48. The maximum atomic E-state index is 11.6. The summed E-state index contributed by atoms with van der Waals surface area (Å²) in [7, 11) is 0. The number of aliphatic imine (C=N–C) groups is 1. The van der Waals surface area contributed by atoms with Crippen molar-refractivity contribution in [2.45, 2.75) is 52.6 Å². The van der Waals surface area contributed by atoms with Gasteiger partial charge in [0.15, 0.2) is 12.6 Å². The first-order valence-electron chi connectivity index (χ1n) is 10.9. The average Bonchev–Trinajstić information content (AvgIpc) is 2.73. The van der Waals surface area contributed by atoms with Gasteiger partial charge >= 0.3 is 0 Å². The smallest absolute Gasteiger partial charge is 0.257 e. The quantitative estimate of drug-likeness (QED) is 0.412. The van der Waals surface area contributed by atoms with Gasteiger partial charge in [0, 0.05) is 32.2 Å². The van der Waals surface area contributed by atoms with Crippen LogP contribution in [0.5, 0.6) is 5.75 Å². The number of likely N-dealkylation sites (tertiary alicyclic amines) is 1. The fraction of sp³-hybridized carbons (Fsp3) is 0.636. The number of ether oxygens (including phenoxy) is 1. The molecule has 1 saturated heterocycles. The third-order valence-corrected chi connectivity index (χ3v) is 4.87. The first-order chi connectivity index (χ1) is 14.1. The molecule has 7 heteroatoms. The van der Waals surface area contributed by atoms with E-state index in [0.717, 1.165) is 44.0 Å². The number of amides is 1. The minimum atomic E-state index is -0.112. The van der Waals surface area contributed by atoms with Gasteiger partial charge < -0.3 is 25.6 Å². The Balaban J connectivity index is 1.87. The van der Waals surface area contributed by atoms with Crippen molar-refractivity contribution < 1.29 is 9.53 Å². The Kier molecular flexibility index (Phi) is 10.3. The number of piperidine rings is 1. The van der Waals surface area contributed by atoms with Gasteiger partial charge in [-0.05, 0) is 57.4 Å². The lowest BCUT2D eigenvalue weighted by Gasteiger charge is -2.32. The van der Waals surface area contributed by atoms with E-state index < -0.39 is 0 Å². The Bertz CT molecular complexity index is 642. The maximum Gasteiger partial charge on any atom is 0.257 e. The number of carbonyl (C=O) groups is 1. The zero-order valence-corrected chi connectivity index (χ0v) is 18.2. The zero-order valence-electron chi connectivity index (χ0n) is 18.2. The summed E-state index contributed by atoms with van der Waals surface area (Å²) in [5.41, 5.74) is 1.05. The van der Waals surface area contributed by atoms with Gasteiger partial charge in [-0.15, -0.1) is 0 Å². The molecule has 1 aliphatic heterocycles. The lowest BCUT2D eigenvalue weighted by molar-refractivity contribution is -0.122. The standard InChI is InChI=1S/C22H37N5O2/c1-4-12-27-13-10-19(11-14-27)26-22(24-6-3)25-16-18-8-7-9-20(15-18)29-17-21(28)23-5-2/h7-9,15,19H,4-6,10-14,16-17H2,1-3H3,(H,23,28)(H2,24,25,26). The van der Waals surface area contributed by atoms with Gasteiger partial charge in [0.2, 0.25) is 0 Å². The second-order valence-corrected chi connectivity index (χ2v) is 7.35. The van der Waals surface area contributed by atoms with Crippen molar-refractivity contribution in [2.24, 2.45) is 4.99 Å². The Hall–Kier alpha value is -2.28. The Morgan fingerprint density at radius 3 is 2.62 bits per heavy atom. The summed E-state index contributed by atoms with van der Waals surface area (Å²) in [6.45, 7) is 11.7. The Morgan fingerprint density at radius 1 is 1.17 bits per heavy atom. The first kappa shape index (κ1) is 23.0. The van der Waals surface area contributed by atoms with Crippen molar-refractivity contribution in [3.8, 4) is 5.75 Å². The molecule has 162 valence electrons. The molecule has 0 aliphatic carbocycles. The number of carbonyl (C=O) groups excluding carboxylic acids is 1. The predicted molar refractivity (Wildman–Crippen MR) is 118 cm³/mol. The summed E-state index contributed by atoms with van der Waals surface area (Å²) in [6.07, 6.45) is 3.51. The fourth-order valence-corrected chi connectivity index (χ4v) is 3.43. The van der Waals surface area contributed by atoms with Gasteiger partial charge in [-0.25, -0.2) is 4.99 Å². The van der Waals surface area contributed by atoms with Gasteiger partial charge in [0.05, 0.1) is 6.54 Å². The van der Waals surface area contributed by atoms with Crippen LogP contribution in [0.3, 0.4) is 0 Å². The highest BCUT2D eigenvalue weighted by atomic mass is 16.5. The van der Waals surface area contributed by atoms with E-state index in [9.17, 15) is 4.79 Å². The molecule has 1 fully saturated rings. The van der Waals surface area contributed by atoms with Crippen molar-refractivity contribution in [2.75, 3.05) is 39.3 Å². The molecule has 0 spiro atoms. The minimum absolute atomic E-state index is 0.0293. The van der Waals surface area contributed by atoms with E-state index in [1.807, 2.05) is 31.2 Å². The maximum absolute atomic E-state index is 11.6. The number of rotatable bonds is 10. The molecule has 0 unspecified atom stereocenters. The van der Waals surface area contributed by atoms with Crippen LogP contribution in [0.15, 0.2) is 29.3 Å². The minimum Gasteiger partial charge on any atom is -0.484 e. The molecule has 7 nitrogen and oxygen atoms in total. The van der Waals surface area contributed by atoms with Crippen LogP contribution in [0, 0.1) is 0 Å². The predicted octanol–water partition coefficient (Wildman–Crippen LogP) is 2.13. The Morgan fingerprint density at radius 2 is 1.93 bits per heavy atom. The number of nitrogens with zero attached hydrogens (tertiary/aromatic N) is 2. The summed E-state index contributed by atoms with van der Waals surface area (Å²) < 4.78 is 5.57. The van der Waals surface area contributed by atoms with Gasteiger partial charge in [-0.2, -0.15) is 0 Å². The summed E-state index contributed by atoms with van der Waals surface area (Å²) >= 11 is 0. The molecule has 3 N–H and O–H groups in total. The molecule has 1 amide bonds. The molecule has 29 heavy (non-hydrogen) atoms. The Labute approximate surface area is 175 Å². The number of likely N-dealkylation sites (N-methyl/N-ethyl adjacent to an activating group) is 1. The second kappa shape index (κ2) is 13.0. The molecule has 0 bridgehead atoms. The highest BCUT2D eigenvalue weighted by Crippen LogP contribution is 2.14. The van der Waals surface area contributed by atoms with Crippen LogP contribution >= 0.6 is 0 Å². The number of guanidine groups is 1. The summed E-state index contributed by atoms with van der Waals surface area (Å²) in [5.74, 6) is 1.43. The molecule has 1 aromatic rings. The van der Waals surface area contributed by atoms with Gasteiger partial charge in [0.1, 0.15) is 5.75 Å². The highest BCUT2D eigenvalue weighted by Gasteiger charge is 2.19. The van der Waals surface area contributed by atoms with E-state index in [1.54, 1.807) is 0 Å². The topological polar surface area (TPSA) is 78.0 Å². The molecule has 0 radical (unpaired) electrons. The lowest BCUT2D eigenvalue weighted by atomic mass is 10.1. The van der Waals surface area contributed by atoms with Gasteiger partial charge in [-0.3, -0.25) is 4.79 Å². The first-order valence-corrected chi connectivity index (χ1v) is 10.9. The van der Waals surface area contributed by atoms with E-state index in [1.165, 1.54) is 13.0 Å². The molecule has 1 aromatic carbocycles. The van der Waals surface area contributed by atoms with Crippen LogP contribution in [0.25, 0.3) is 0 Å². The number of nitrogens with one attached hydrogen (secondary N) is 3. The van der Waals surface area contributed by atoms with Crippen LogP contribution in [0.4, 0.5) is 0 Å². The summed E-state index contributed by atoms with van der Waals surface area (Å²) in [5, 5.41) is 9.66. The zero-order chi connectivity index (χ0) is 20.9. The normalized spacial score (nSPS) is 15.8. The third kappa shape index (κ3) is 8.73. The largest absolute Gasteiger partial charge is 0.484 e. The molecule has 0 saturated carbocycles. The van der Waals surface area contributed by atoms with E-state index in [-0.39, 0.29) is 12.5 Å². The monoisotopic (exact) mass is 403 g/mol. The van der Waals surface area contributed by atoms with Crippen LogP contribution in [-0.2, 0) is 11.3 Å². The number of benzene rings is 1. The van der Waals surface area contributed by atoms with E-state index in [2.05, 4.69) is 34.7 Å². The number of hydrogen-bond donors (Lipinski definition) is 3. The van der Waals surface area contributed by atoms with Crippen LogP contribution in [0.1, 0.15) is 45.6 Å². The second-order valence-electron chi connectivity index (χ2n) is 7.35. The molecule has 2 rings (SSSR count). The SMILES string of the molecule is CCCN1CCC(NC(=NCc2cccc(OCC(=O)NCC)c2)NCC)CC1. The third-order valence-electron chi connectivity index (χ3n) is 4.87.